The number of urea groups is 1. The van der Waals surface area contributed by atoms with Crippen LogP contribution >= 0.6 is 0 Å². The molecule has 0 N–H and O–H groups in total. The third kappa shape index (κ3) is 18.0. The van der Waals surface area contributed by atoms with Gasteiger partial charge in [0.1, 0.15) is 0 Å². The molecule has 0 aromatic rings. The van der Waals surface area contributed by atoms with Crippen LogP contribution in [0.3, 0.4) is 0 Å². The number of ether oxygens (including phenoxy) is 1. The second kappa shape index (κ2) is 13.0. The first-order valence-corrected chi connectivity index (χ1v) is 6.20. The average Bonchev–Trinajstić information content (AvgIpc) is 2.37. The molecule has 0 spiro atoms. The topological polar surface area (TPSA) is 73.4 Å². The van der Waals surface area contributed by atoms with Crippen molar-refractivity contribution < 1.29 is 19.1 Å². The molecule has 0 aliphatic carbocycles. The molecule has 8 heteroatoms. The summed E-state index contributed by atoms with van der Waals surface area (Å²) in [5, 5.41) is 0. The summed E-state index contributed by atoms with van der Waals surface area (Å²) in [5.41, 5.74) is 0. The van der Waals surface area contributed by atoms with Gasteiger partial charge in [0.05, 0.1) is 7.11 Å². The Hall–Kier alpha value is -1.99. The lowest BCUT2D eigenvalue weighted by Gasteiger charge is -2.16. The number of rotatable bonds is 0. The van der Waals surface area contributed by atoms with Gasteiger partial charge in [0.25, 0.3) is 0 Å². The lowest BCUT2D eigenvalue weighted by molar-refractivity contribution is -0.126. The molecule has 0 rings (SSSR count). The van der Waals surface area contributed by atoms with E-state index in [1.165, 1.54) is 33.6 Å². The van der Waals surface area contributed by atoms with Crippen molar-refractivity contribution in [2.45, 2.75) is 6.92 Å². The minimum Gasteiger partial charge on any atom is -0.453 e. The van der Waals surface area contributed by atoms with E-state index in [1.807, 2.05) is 0 Å². The van der Waals surface area contributed by atoms with Crippen molar-refractivity contribution in [3.05, 3.63) is 0 Å². The monoisotopic (exact) mass is 306 g/mol. The number of amides is 4. The van der Waals surface area contributed by atoms with Crippen molar-refractivity contribution in [2.75, 3.05) is 63.5 Å². The molecule has 0 aliphatic rings. The van der Waals surface area contributed by atoms with Gasteiger partial charge in [0, 0.05) is 63.3 Å². The predicted octanol–water partition coefficient (Wildman–Crippen LogP) is 0.639. The first-order valence-electron chi connectivity index (χ1n) is 6.20. The Kier molecular flexibility index (Phi) is 14.9. The first-order chi connectivity index (χ1) is 9.38. The van der Waals surface area contributed by atoms with Gasteiger partial charge in [0.2, 0.25) is 5.91 Å². The Morgan fingerprint density at radius 2 is 0.952 bits per heavy atom. The minimum absolute atomic E-state index is 0.0185. The highest BCUT2D eigenvalue weighted by Gasteiger charge is 2.02. The van der Waals surface area contributed by atoms with E-state index in [1.54, 1.807) is 56.4 Å². The number of hydrogen-bond donors (Lipinski definition) is 0. The normalized spacial score (nSPS) is 8.10. The van der Waals surface area contributed by atoms with E-state index in [0.717, 1.165) is 0 Å². The van der Waals surface area contributed by atoms with Crippen LogP contribution in [-0.2, 0) is 9.53 Å². The molecule has 0 bridgehead atoms. The van der Waals surface area contributed by atoms with Crippen molar-refractivity contribution in [2.24, 2.45) is 0 Å². The van der Waals surface area contributed by atoms with Gasteiger partial charge in [-0.3, -0.25) is 4.79 Å². The maximum absolute atomic E-state index is 10.7. The fourth-order valence-electron chi connectivity index (χ4n) is 0.583. The van der Waals surface area contributed by atoms with Crippen LogP contribution in [0, 0.1) is 0 Å². The number of hydrogen-bond acceptors (Lipinski definition) is 4. The van der Waals surface area contributed by atoms with Crippen LogP contribution < -0.4 is 0 Å². The van der Waals surface area contributed by atoms with E-state index >= 15 is 0 Å². The van der Waals surface area contributed by atoms with Crippen LogP contribution in [0.1, 0.15) is 6.92 Å². The molecule has 0 fully saturated rings. The van der Waals surface area contributed by atoms with Crippen molar-refractivity contribution in [3.63, 3.8) is 0 Å². The summed E-state index contributed by atoms with van der Waals surface area (Å²) in [6.45, 7) is 1.53. The molecular weight excluding hydrogens is 276 g/mol. The van der Waals surface area contributed by atoms with Crippen molar-refractivity contribution >= 4 is 18.0 Å². The van der Waals surface area contributed by atoms with Crippen LogP contribution in [-0.4, -0.2) is 101 Å². The molecule has 0 atom stereocenters. The second-order valence-electron chi connectivity index (χ2n) is 4.85. The first kappa shape index (κ1) is 24.1. The second-order valence-corrected chi connectivity index (χ2v) is 4.85. The maximum atomic E-state index is 10.7. The largest absolute Gasteiger partial charge is 0.453 e. The van der Waals surface area contributed by atoms with E-state index in [-0.39, 0.29) is 18.0 Å². The summed E-state index contributed by atoms with van der Waals surface area (Å²) in [7, 11) is 15.0. The van der Waals surface area contributed by atoms with Gasteiger partial charge in [0.15, 0.2) is 0 Å². The molecule has 8 nitrogen and oxygen atoms in total. The van der Waals surface area contributed by atoms with E-state index in [9.17, 15) is 14.4 Å². The van der Waals surface area contributed by atoms with Gasteiger partial charge in [-0.15, -0.1) is 0 Å². The predicted molar refractivity (Wildman–Crippen MR) is 83.2 cm³/mol. The number of methoxy groups -OCH3 is 1. The Bertz CT molecular complexity index is 305. The molecule has 0 unspecified atom stereocenters. The Labute approximate surface area is 128 Å². The van der Waals surface area contributed by atoms with E-state index in [4.69, 9.17) is 0 Å². The van der Waals surface area contributed by atoms with Crippen LogP contribution in [0.4, 0.5) is 9.59 Å². The minimum atomic E-state index is -0.319. The summed E-state index contributed by atoms with van der Waals surface area (Å²) in [4.78, 5) is 36.9. The standard InChI is InChI=1S/C5H12N2O.C4H9NO2.C4H9NO/c1-6(2)5(8)7(3)4;1-5(2)4(6)7-3;1-4(6)5(2)3/h1-4H3;1-3H3;1-3H3. The third-order valence-electron chi connectivity index (χ3n) is 1.93. The zero-order chi connectivity index (χ0) is 17.7. The third-order valence-corrected chi connectivity index (χ3v) is 1.93. The maximum Gasteiger partial charge on any atom is 0.408 e. The van der Waals surface area contributed by atoms with Gasteiger partial charge >= 0.3 is 12.1 Å². The summed E-state index contributed by atoms with van der Waals surface area (Å²) in [6, 6.07) is 0.0185. The van der Waals surface area contributed by atoms with Crippen LogP contribution in [0.5, 0.6) is 0 Å². The van der Waals surface area contributed by atoms with E-state index in [2.05, 4.69) is 4.74 Å². The number of nitrogens with zero attached hydrogens (tertiary/aromatic N) is 4. The SMILES string of the molecule is CC(=O)N(C)C.CN(C)C(=O)N(C)C.COC(=O)N(C)C. The lowest BCUT2D eigenvalue weighted by atomic mass is 10.7. The van der Waals surface area contributed by atoms with Gasteiger partial charge in [-0.2, -0.15) is 0 Å². The molecule has 0 aliphatic heterocycles. The molecule has 0 heterocycles. The van der Waals surface area contributed by atoms with Gasteiger partial charge in [-0.25, -0.2) is 9.59 Å². The van der Waals surface area contributed by atoms with Crippen molar-refractivity contribution in [3.8, 4) is 0 Å². The average molecular weight is 306 g/mol. The molecule has 0 aromatic carbocycles. The van der Waals surface area contributed by atoms with Gasteiger partial charge in [-0.05, 0) is 0 Å². The van der Waals surface area contributed by atoms with Gasteiger partial charge < -0.3 is 24.3 Å². The van der Waals surface area contributed by atoms with Crippen molar-refractivity contribution in [1.82, 2.24) is 19.6 Å². The number of carbonyl (C=O) groups is 3. The summed E-state index contributed by atoms with van der Waals surface area (Å²) in [6.07, 6.45) is -0.319. The summed E-state index contributed by atoms with van der Waals surface area (Å²) >= 11 is 0. The Morgan fingerprint density at radius 1 is 0.667 bits per heavy atom. The number of carbonyl (C=O) groups excluding carboxylic acids is 3. The molecule has 126 valence electrons. The van der Waals surface area contributed by atoms with Crippen LogP contribution in [0.2, 0.25) is 0 Å². The van der Waals surface area contributed by atoms with E-state index < -0.39 is 0 Å². The molecular formula is C13H30N4O4. The quantitative estimate of drug-likeness (QED) is 0.658. The van der Waals surface area contributed by atoms with Crippen LogP contribution in [0.15, 0.2) is 0 Å². The highest BCUT2D eigenvalue weighted by molar-refractivity contribution is 5.73. The fraction of sp³-hybridized carbons (Fsp3) is 0.769. The van der Waals surface area contributed by atoms with Gasteiger partial charge in [-0.1, -0.05) is 0 Å². The van der Waals surface area contributed by atoms with Crippen molar-refractivity contribution in [1.29, 1.82) is 0 Å². The smallest absolute Gasteiger partial charge is 0.408 e. The Balaban J connectivity index is -0.000000234. The zero-order valence-corrected chi connectivity index (χ0v) is 14.9. The molecule has 4 amide bonds. The fourth-order valence-corrected chi connectivity index (χ4v) is 0.583. The molecule has 21 heavy (non-hydrogen) atoms. The zero-order valence-electron chi connectivity index (χ0n) is 14.9. The lowest BCUT2D eigenvalue weighted by Crippen LogP contribution is -2.33. The molecule has 0 aromatic heterocycles. The molecule has 0 saturated carbocycles. The van der Waals surface area contributed by atoms with Crippen LogP contribution in [0.25, 0.3) is 0 Å². The van der Waals surface area contributed by atoms with E-state index in [0.29, 0.717) is 0 Å². The Morgan fingerprint density at radius 3 is 0.952 bits per heavy atom. The summed E-state index contributed by atoms with van der Waals surface area (Å²) < 4.78 is 4.30. The highest BCUT2D eigenvalue weighted by atomic mass is 16.5. The molecule has 0 radical (unpaired) electrons. The summed E-state index contributed by atoms with van der Waals surface area (Å²) in [5.74, 6) is 0.0926. The molecule has 0 saturated heterocycles. The highest BCUT2D eigenvalue weighted by Crippen LogP contribution is 1.83.